The third-order valence-electron chi connectivity index (χ3n) is 4.62. The summed E-state index contributed by atoms with van der Waals surface area (Å²) >= 11 is 0. The molecule has 3 nitrogen and oxygen atoms in total. The zero-order chi connectivity index (χ0) is 15.5. The summed E-state index contributed by atoms with van der Waals surface area (Å²) in [6.45, 7) is 7.48. The summed E-state index contributed by atoms with van der Waals surface area (Å²) in [6, 6.07) is 6.93. The predicted octanol–water partition coefficient (Wildman–Crippen LogP) is 3.92. The molecule has 2 unspecified atom stereocenters. The Morgan fingerprint density at radius 2 is 1.95 bits per heavy atom. The van der Waals surface area contributed by atoms with Gasteiger partial charge < -0.3 is 15.8 Å². The van der Waals surface area contributed by atoms with E-state index in [1.165, 1.54) is 31.2 Å². The lowest BCUT2D eigenvalue weighted by Crippen LogP contribution is -2.36. The molecule has 1 saturated carbocycles. The van der Waals surface area contributed by atoms with Crippen LogP contribution in [0.4, 0.5) is 5.69 Å². The minimum Gasteiger partial charge on any atom is -0.495 e. The highest BCUT2D eigenvalue weighted by atomic mass is 16.5. The summed E-state index contributed by atoms with van der Waals surface area (Å²) in [5, 5.41) is 3.71. The molecule has 3 heteroatoms. The standard InChI is InChI=1S/C18H30N2O/c1-18(2,3)14-9-10-17(21-4)16(11-14)20-15-8-6-5-7-13(15)12-19/h9-11,13,15,20H,5-8,12,19H2,1-4H3. The number of anilines is 1. The molecule has 2 rings (SSSR count). The Balaban J connectivity index is 2.24. The molecule has 0 bridgehead atoms. The van der Waals surface area contributed by atoms with E-state index in [9.17, 15) is 0 Å². The maximum atomic E-state index is 5.95. The van der Waals surface area contributed by atoms with Crippen molar-refractivity contribution in [3.63, 3.8) is 0 Å². The van der Waals surface area contributed by atoms with Gasteiger partial charge in [-0.1, -0.05) is 39.7 Å². The molecule has 0 spiro atoms. The van der Waals surface area contributed by atoms with Crippen LogP contribution in [0.15, 0.2) is 18.2 Å². The molecule has 0 heterocycles. The normalized spacial score (nSPS) is 22.9. The van der Waals surface area contributed by atoms with Gasteiger partial charge in [-0.2, -0.15) is 0 Å². The topological polar surface area (TPSA) is 47.3 Å². The lowest BCUT2D eigenvalue weighted by Gasteiger charge is -2.33. The number of methoxy groups -OCH3 is 1. The molecule has 3 N–H and O–H groups in total. The van der Waals surface area contributed by atoms with Gasteiger partial charge in [-0.25, -0.2) is 0 Å². The number of nitrogens with one attached hydrogen (secondary N) is 1. The first-order valence-corrected chi connectivity index (χ1v) is 8.11. The van der Waals surface area contributed by atoms with Crippen LogP contribution in [-0.2, 0) is 5.41 Å². The van der Waals surface area contributed by atoms with E-state index in [0.29, 0.717) is 12.0 Å². The molecule has 1 aliphatic carbocycles. The molecule has 1 aromatic rings. The predicted molar refractivity (Wildman–Crippen MR) is 90.1 cm³/mol. The van der Waals surface area contributed by atoms with Crippen molar-refractivity contribution in [2.75, 3.05) is 19.0 Å². The van der Waals surface area contributed by atoms with Crippen LogP contribution in [0.1, 0.15) is 52.0 Å². The van der Waals surface area contributed by atoms with Crippen LogP contribution >= 0.6 is 0 Å². The maximum Gasteiger partial charge on any atom is 0.141 e. The van der Waals surface area contributed by atoms with Gasteiger partial charge in [0.05, 0.1) is 12.8 Å². The van der Waals surface area contributed by atoms with Crippen molar-refractivity contribution >= 4 is 5.69 Å². The summed E-state index contributed by atoms with van der Waals surface area (Å²) < 4.78 is 5.53. The molecule has 0 radical (unpaired) electrons. The highest BCUT2D eigenvalue weighted by Crippen LogP contribution is 2.34. The quantitative estimate of drug-likeness (QED) is 0.883. The van der Waals surface area contributed by atoms with E-state index in [0.717, 1.165) is 18.0 Å². The summed E-state index contributed by atoms with van der Waals surface area (Å²) in [7, 11) is 1.73. The highest BCUT2D eigenvalue weighted by molar-refractivity contribution is 5.59. The maximum absolute atomic E-state index is 5.95. The van der Waals surface area contributed by atoms with Crippen molar-refractivity contribution in [1.82, 2.24) is 0 Å². The fourth-order valence-electron chi connectivity index (χ4n) is 3.17. The molecule has 21 heavy (non-hydrogen) atoms. The molecule has 0 aromatic heterocycles. The van der Waals surface area contributed by atoms with Crippen LogP contribution < -0.4 is 15.8 Å². The number of ether oxygens (including phenoxy) is 1. The highest BCUT2D eigenvalue weighted by Gasteiger charge is 2.25. The molecule has 1 aromatic carbocycles. The minimum absolute atomic E-state index is 0.141. The average Bonchev–Trinajstić information content (AvgIpc) is 2.47. The van der Waals surface area contributed by atoms with Crippen LogP contribution in [0.3, 0.4) is 0 Å². The number of hydrogen-bond donors (Lipinski definition) is 2. The number of benzene rings is 1. The van der Waals surface area contributed by atoms with Crippen LogP contribution in [0.5, 0.6) is 5.75 Å². The Hall–Kier alpha value is -1.22. The van der Waals surface area contributed by atoms with Crippen molar-refractivity contribution < 1.29 is 4.74 Å². The minimum atomic E-state index is 0.141. The summed E-state index contributed by atoms with van der Waals surface area (Å²) in [6.07, 6.45) is 5.02. The van der Waals surface area contributed by atoms with E-state index in [4.69, 9.17) is 10.5 Å². The third kappa shape index (κ3) is 3.91. The van der Waals surface area contributed by atoms with E-state index in [1.807, 2.05) is 0 Å². The Kier molecular flexibility index (Phi) is 5.15. The molecule has 118 valence electrons. The van der Waals surface area contributed by atoms with E-state index in [-0.39, 0.29) is 5.41 Å². The largest absolute Gasteiger partial charge is 0.495 e. The molecule has 0 amide bonds. The van der Waals surface area contributed by atoms with Crippen LogP contribution in [0.2, 0.25) is 0 Å². The van der Waals surface area contributed by atoms with Gasteiger partial charge in [0.1, 0.15) is 5.75 Å². The lowest BCUT2D eigenvalue weighted by atomic mass is 9.83. The van der Waals surface area contributed by atoms with Gasteiger partial charge in [0.25, 0.3) is 0 Å². The second-order valence-electron chi connectivity index (χ2n) is 7.20. The van der Waals surface area contributed by atoms with Gasteiger partial charge in [-0.15, -0.1) is 0 Å². The van der Waals surface area contributed by atoms with Crippen LogP contribution in [0, 0.1) is 5.92 Å². The van der Waals surface area contributed by atoms with Crippen molar-refractivity contribution in [2.24, 2.45) is 11.7 Å². The fraction of sp³-hybridized carbons (Fsp3) is 0.667. The van der Waals surface area contributed by atoms with E-state index in [1.54, 1.807) is 7.11 Å². The van der Waals surface area contributed by atoms with Crippen LogP contribution in [0.25, 0.3) is 0 Å². The van der Waals surface area contributed by atoms with Crippen LogP contribution in [-0.4, -0.2) is 19.7 Å². The molecule has 1 aliphatic rings. The second-order valence-corrected chi connectivity index (χ2v) is 7.20. The first-order valence-electron chi connectivity index (χ1n) is 8.11. The Bertz CT molecular complexity index is 465. The zero-order valence-electron chi connectivity index (χ0n) is 13.9. The Morgan fingerprint density at radius 1 is 1.24 bits per heavy atom. The van der Waals surface area contributed by atoms with Crippen molar-refractivity contribution in [3.8, 4) is 5.75 Å². The number of hydrogen-bond acceptors (Lipinski definition) is 3. The van der Waals surface area contributed by atoms with Crippen molar-refractivity contribution in [2.45, 2.75) is 57.9 Å². The molecule has 2 atom stereocenters. The average molecular weight is 290 g/mol. The molecule has 1 fully saturated rings. The van der Waals surface area contributed by atoms with Crippen molar-refractivity contribution in [1.29, 1.82) is 0 Å². The summed E-state index contributed by atoms with van der Waals surface area (Å²) in [4.78, 5) is 0. The summed E-state index contributed by atoms with van der Waals surface area (Å²) in [5.74, 6) is 1.49. The SMILES string of the molecule is COc1ccc(C(C)(C)C)cc1NC1CCCCC1CN. The van der Waals surface area contributed by atoms with Gasteiger partial charge in [0.2, 0.25) is 0 Å². The first kappa shape index (κ1) is 16.2. The van der Waals surface area contributed by atoms with Gasteiger partial charge >= 0.3 is 0 Å². The summed E-state index contributed by atoms with van der Waals surface area (Å²) in [5.41, 5.74) is 8.52. The Morgan fingerprint density at radius 3 is 2.57 bits per heavy atom. The van der Waals surface area contributed by atoms with Crippen molar-refractivity contribution in [3.05, 3.63) is 23.8 Å². The lowest BCUT2D eigenvalue weighted by molar-refractivity contribution is 0.331. The van der Waals surface area contributed by atoms with E-state index in [2.05, 4.69) is 44.3 Å². The number of rotatable bonds is 4. The number of nitrogens with two attached hydrogens (primary N) is 1. The van der Waals surface area contributed by atoms with Gasteiger partial charge in [0.15, 0.2) is 0 Å². The third-order valence-corrected chi connectivity index (χ3v) is 4.62. The smallest absolute Gasteiger partial charge is 0.141 e. The first-order chi connectivity index (χ1) is 9.95. The van der Waals surface area contributed by atoms with E-state index < -0.39 is 0 Å². The van der Waals surface area contributed by atoms with Gasteiger partial charge in [0, 0.05) is 6.04 Å². The molecule has 0 aliphatic heterocycles. The van der Waals surface area contributed by atoms with Gasteiger partial charge in [-0.05, 0) is 48.4 Å². The van der Waals surface area contributed by atoms with E-state index >= 15 is 0 Å². The molecule has 0 saturated heterocycles. The van der Waals surface area contributed by atoms with Gasteiger partial charge in [-0.3, -0.25) is 0 Å². The fourth-order valence-corrected chi connectivity index (χ4v) is 3.17. The molecular weight excluding hydrogens is 260 g/mol. The monoisotopic (exact) mass is 290 g/mol. The second kappa shape index (κ2) is 6.69. The zero-order valence-corrected chi connectivity index (χ0v) is 13.9. The molecular formula is C18H30N2O. The Labute approximate surface area is 129 Å².